The van der Waals surface area contributed by atoms with E-state index >= 15 is 0 Å². The molecule has 2 aromatic carbocycles. The highest BCUT2D eigenvalue weighted by Crippen LogP contribution is 2.31. The molecule has 4 N–H and O–H groups in total. The molecule has 4 rings (SSSR count). The number of amides is 3. The smallest absolute Gasteiger partial charge is 0.324 e. The van der Waals surface area contributed by atoms with Crippen LogP contribution in [0.15, 0.2) is 66.9 Å². The molecule has 0 saturated heterocycles. The first-order valence-corrected chi connectivity index (χ1v) is 11.9. The van der Waals surface area contributed by atoms with E-state index in [4.69, 9.17) is 27.2 Å². The minimum absolute atomic E-state index is 0.0815. The molecule has 0 aliphatic heterocycles. The summed E-state index contributed by atoms with van der Waals surface area (Å²) in [7, 11) is 0. The Balaban J connectivity index is 1.51. The molecule has 0 atom stereocenters. The minimum atomic E-state index is -0.660. The van der Waals surface area contributed by atoms with Crippen LogP contribution in [0.4, 0.5) is 16.3 Å². The van der Waals surface area contributed by atoms with Gasteiger partial charge in [-0.25, -0.2) is 9.48 Å². The van der Waals surface area contributed by atoms with Crippen LogP contribution in [0.3, 0.4) is 0 Å². The van der Waals surface area contributed by atoms with Gasteiger partial charge in [0.15, 0.2) is 0 Å². The molecule has 37 heavy (non-hydrogen) atoms. The molecule has 3 amide bonds. The van der Waals surface area contributed by atoms with Gasteiger partial charge in [-0.3, -0.25) is 15.1 Å². The fourth-order valence-corrected chi connectivity index (χ4v) is 3.61. The van der Waals surface area contributed by atoms with Gasteiger partial charge in [0.25, 0.3) is 5.91 Å². The standard InChI is InChI=1S/C27H27ClN6O3/c1-16-5-7-17(8-6-16)34-24(15-23(33-34)27(2,3)4)32-26(36)31-21-10-9-18(13-20(21)28)37-19-11-12-30-22(14-19)25(29)35/h5-15H,1-4H3,(H2,29,35)(H2,31,32,36). The van der Waals surface area contributed by atoms with Crippen molar-refractivity contribution in [1.82, 2.24) is 14.8 Å². The maximum Gasteiger partial charge on any atom is 0.324 e. The summed E-state index contributed by atoms with van der Waals surface area (Å²) < 4.78 is 7.44. The highest BCUT2D eigenvalue weighted by molar-refractivity contribution is 6.34. The highest BCUT2D eigenvalue weighted by Gasteiger charge is 2.22. The number of nitrogens with zero attached hydrogens (tertiary/aromatic N) is 3. The van der Waals surface area contributed by atoms with Crippen molar-refractivity contribution in [3.8, 4) is 17.2 Å². The average Bonchev–Trinajstić information content (AvgIpc) is 3.26. The second-order valence-electron chi connectivity index (χ2n) is 9.48. The van der Waals surface area contributed by atoms with Crippen molar-refractivity contribution >= 4 is 35.0 Å². The van der Waals surface area contributed by atoms with Gasteiger partial charge >= 0.3 is 6.03 Å². The predicted octanol–water partition coefficient (Wildman–Crippen LogP) is 6.06. The van der Waals surface area contributed by atoms with E-state index in [1.165, 1.54) is 12.3 Å². The Morgan fingerprint density at radius 2 is 1.68 bits per heavy atom. The number of primary amides is 1. The fraction of sp³-hybridized carbons (Fsp3) is 0.185. The van der Waals surface area contributed by atoms with Crippen molar-refractivity contribution in [3.63, 3.8) is 0 Å². The molecule has 0 fully saturated rings. The van der Waals surface area contributed by atoms with Gasteiger partial charge in [0.2, 0.25) is 0 Å². The van der Waals surface area contributed by atoms with Crippen LogP contribution in [0.1, 0.15) is 42.5 Å². The SMILES string of the molecule is Cc1ccc(-n2nc(C(C)(C)C)cc2NC(=O)Nc2ccc(Oc3ccnc(C(N)=O)c3)cc2Cl)cc1. The van der Waals surface area contributed by atoms with Crippen molar-refractivity contribution in [1.29, 1.82) is 0 Å². The van der Waals surface area contributed by atoms with E-state index in [-0.39, 0.29) is 16.1 Å². The molecule has 0 aliphatic carbocycles. The Hall–Kier alpha value is -4.37. The molecule has 0 bridgehead atoms. The molecule has 0 radical (unpaired) electrons. The minimum Gasteiger partial charge on any atom is -0.457 e. The number of aryl methyl sites for hydroxylation is 1. The molecule has 9 nitrogen and oxygen atoms in total. The van der Waals surface area contributed by atoms with Crippen LogP contribution >= 0.6 is 11.6 Å². The van der Waals surface area contributed by atoms with Crippen LogP contribution in [-0.2, 0) is 5.41 Å². The predicted molar refractivity (Wildman–Crippen MR) is 144 cm³/mol. The van der Waals surface area contributed by atoms with E-state index in [0.717, 1.165) is 16.9 Å². The zero-order chi connectivity index (χ0) is 26.7. The van der Waals surface area contributed by atoms with E-state index in [1.807, 2.05) is 37.3 Å². The lowest BCUT2D eigenvalue weighted by Gasteiger charge is -2.14. The molecule has 10 heteroatoms. The molecule has 2 aromatic heterocycles. The highest BCUT2D eigenvalue weighted by atomic mass is 35.5. The Labute approximate surface area is 219 Å². The number of ether oxygens (including phenoxy) is 1. The lowest BCUT2D eigenvalue weighted by atomic mass is 9.92. The number of pyridine rings is 1. The van der Waals surface area contributed by atoms with Gasteiger partial charge in [-0.15, -0.1) is 0 Å². The first-order chi connectivity index (χ1) is 17.5. The van der Waals surface area contributed by atoms with Crippen molar-refractivity contribution in [2.45, 2.75) is 33.1 Å². The maximum absolute atomic E-state index is 12.9. The number of rotatable bonds is 6. The number of carbonyl (C=O) groups excluding carboxylic acids is 2. The summed E-state index contributed by atoms with van der Waals surface area (Å²) in [4.78, 5) is 28.1. The largest absolute Gasteiger partial charge is 0.457 e. The number of aromatic nitrogens is 3. The lowest BCUT2D eigenvalue weighted by Crippen LogP contribution is -2.21. The van der Waals surface area contributed by atoms with E-state index < -0.39 is 11.9 Å². The second-order valence-corrected chi connectivity index (χ2v) is 9.88. The fourth-order valence-electron chi connectivity index (χ4n) is 3.40. The Kier molecular flexibility index (Phi) is 7.17. The van der Waals surface area contributed by atoms with E-state index in [9.17, 15) is 9.59 Å². The van der Waals surface area contributed by atoms with E-state index in [0.29, 0.717) is 23.0 Å². The van der Waals surface area contributed by atoms with Crippen LogP contribution in [0.25, 0.3) is 5.69 Å². The maximum atomic E-state index is 12.9. The van der Waals surface area contributed by atoms with Gasteiger partial charge in [0, 0.05) is 29.8 Å². The molecule has 0 saturated carbocycles. The summed E-state index contributed by atoms with van der Waals surface area (Å²) in [5.41, 5.74) is 8.30. The molecule has 2 heterocycles. The lowest BCUT2D eigenvalue weighted by molar-refractivity contribution is 0.0995. The van der Waals surface area contributed by atoms with Crippen LogP contribution in [0.2, 0.25) is 5.02 Å². The molecule has 0 unspecified atom stereocenters. The van der Waals surface area contributed by atoms with Crippen LogP contribution < -0.4 is 21.1 Å². The summed E-state index contributed by atoms with van der Waals surface area (Å²) in [5.74, 6) is 0.639. The number of hydrogen-bond donors (Lipinski definition) is 3. The summed E-state index contributed by atoms with van der Waals surface area (Å²) in [6.45, 7) is 8.18. The number of carbonyl (C=O) groups is 2. The third kappa shape index (κ3) is 6.25. The number of nitrogens with one attached hydrogen (secondary N) is 2. The van der Waals surface area contributed by atoms with Gasteiger partial charge in [-0.05, 0) is 37.3 Å². The van der Waals surface area contributed by atoms with Gasteiger partial charge in [-0.1, -0.05) is 50.1 Å². The second kappa shape index (κ2) is 10.3. The Bertz CT molecular complexity index is 1460. The molecular weight excluding hydrogens is 492 g/mol. The monoisotopic (exact) mass is 518 g/mol. The topological polar surface area (TPSA) is 124 Å². The third-order valence-electron chi connectivity index (χ3n) is 5.41. The van der Waals surface area contributed by atoms with Crippen molar-refractivity contribution in [2.24, 2.45) is 5.73 Å². The van der Waals surface area contributed by atoms with Gasteiger partial charge in [0.1, 0.15) is 23.0 Å². The third-order valence-corrected chi connectivity index (χ3v) is 5.72. The number of benzene rings is 2. The first-order valence-electron chi connectivity index (χ1n) is 11.5. The van der Waals surface area contributed by atoms with E-state index in [1.54, 1.807) is 28.9 Å². The van der Waals surface area contributed by atoms with Gasteiger partial charge in [-0.2, -0.15) is 5.10 Å². The summed E-state index contributed by atoms with van der Waals surface area (Å²) in [6, 6.07) is 17.1. The molecular formula is C27H27ClN6O3. The number of urea groups is 1. The van der Waals surface area contributed by atoms with Crippen LogP contribution in [-0.4, -0.2) is 26.7 Å². The van der Waals surface area contributed by atoms with Crippen LogP contribution in [0.5, 0.6) is 11.5 Å². The van der Waals surface area contributed by atoms with Crippen molar-refractivity contribution in [3.05, 3.63) is 88.8 Å². The molecule has 190 valence electrons. The van der Waals surface area contributed by atoms with Crippen molar-refractivity contribution in [2.75, 3.05) is 10.6 Å². The zero-order valence-corrected chi connectivity index (χ0v) is 21.6. The summed E-state index contributed by atoms with van der Waals surface area (Å²) >= 11 is 6.40. The molecule has 0 aliphatic rings. The van der Waals surface area contributed by atoms with Gasteiger partial charge < -0.3 is 15.8 Å². The Morgan fingerprint density at radius 1 is 0.973 bits per heavy atom. The number of nitrogens with two attached hydrogens (primary N) is 1. The number of halogens is 1. The van der Waals surface area contributed by atoms with Crippen LogP contribution in [0, 0.1) is 6.92 Å². The first kappa shape index (κ1) is 25.7. The summed E-state index contributed by atoms with van der Waals surface area (Å²) in [6.07, 6.45) is 1.42. The molecule has 0 spiro atoms. The van der Waals surface area contributed by atoms with E-state index in [2.05, 4.69) is 36.4 Å². The number of hydrogen-bond acceptors (Lipinski definition) is 5. The van der Waals surface area contributed by atoms with Gasteiger partial charge in [0.05, 0.1) is 22.1 Å². The Morgan fingerprint density at radius 3 is 2.32 bits per heavy atom. The number of anilines is 2. The summed E-state index contributed by atoms with van der Waals surface area (Å²) in [5, 5.41) is 10.6. The molecule has 4 aromatic rings. The average molecular weight is 519 g/mol. The quantitative estimate of drug-likeness (QED) is 0.286. The van der Waals surface area contributed by atoms with Crippen molar-refractivity contribution < 1.29 is 14.3 Å². The zero-order valence-electron chi connectivity index (χ0n) is 20.9. The normalized spacial score (nSPS) is 11.2.